The molecule has 2 heterocycles. The molecule has 7 nitrogen and oxygen atoms in total. The third-order valence-corrected chi connectivity index (χ3v) is 7.65. The summed E-state index contributed by atoms with van der Waals surface area (Å²) in [5.74, 6) is 0.162. The summed E-state index contributed by atoms with van der Waals surface area (Å²) in [6.45, 7) is 5.77. The molecule has 0 spiro atoms. The molecule has 0 aromatic heterocycles. The first kappa shape index (κ1) is 23.3. The Morgan fingerprint density at radius 2 is 1.86 bits per heavy atom. The van der Waals surface area contributed by atoms with Crippen molar-refractivity contribution in [2.75, 3.05) is 0 Å². The van der Waals surface area contributed by atoms with Gasteiger partial charge in [0.15, 0.2) is 6.10 Å². The third-order valence-electron chi connectivity index (χ3n) is 7.42. The summed E-state index contributed by atoms with van der Waals surface area (Å²) in [5.41, 5.74) is 3.77. The van der Waals surface area contributed by atoms with E-state index in [1.165, 1.54) is 4.90 Å². The Hall–Kier alpha value is -3.06. The zero-order valence-electron chi connectivity index (χ0n) is 20.5. The Bertz CT molecular complexity index is 1300. The summed E-state index contributed by atoms with van der Waals surface area (Å²) in [4.78, 5) is 40.8. The van der Waals surface area contributed by atoms with Gasteiger partial charge in [-0.1, -0.05) is 17.7 Å². The molecule has 8 heteroatoms. The molecule has 6 rings (SSSR count). The van der Waals surface area contributed by atoms with E-state index in [1.807, 2.05) is 24.3 Å². The van der Waals surface area contributed by atoms with Gasteiger partial charge >= 0.3 is 12.1 Å². The van der Waals surface area contributed by atoms with E-state index in [9.17, 15) is 14.4 Å². The van der Waals surface area contributed by atoms with Crippen LogP contribution in [0.25, 0.3) is 11.1 Å². The average Bonchev–Trinajstić information content (AvgIpc) is 3.47. The topological polar surface area (TPSA) is 82.1 Å². The predicted octanol–water partition coefficient (Wildman–Crippen LogP) is 5.34. The number of hydrogen-bond donors (Lipinski definition) is 0. The van der Waals surface area contributed by atoms with E-state index >= 15 is 0 Å². The van der Waals surface area contributed by atoms with Gasteiger partial charge in [-0.05, 0) is 93.3 Å². The summed E-state index contributed by atoms with van der Waals surface area (Å²) in [5, 5.41) is 0.656. The Kier molecular flexibility index (Phi) is 5.34. The van der Waals surface area contributed by atoms with Crippen molar-refractivity contribution in [1.82, 2.24) is 4.90 Å². The SMILES string of the molecule is CC(C)(C)OC(=O)N1[C@@H]2C[C@@H]2C[C@H]1C(=O)OC1CCc2cc3c(cc2C1=O)OCc1cc(Cl)ccc1-3. The Labute approximate surface area is 214 Å². The number of esters is 1. The van der Waals surface area contributed by atoms with E-state index in [-0.39, 0.29) is 11.8 Å². The van der Waals surface area contributed by atoms with Crippen molar-refractivity contribution >= 4 is 29.4 Å². The molecule has 2 aromatic rings. The molecule has 0 bridgehead atoms. The highest BCUT2D eigenvalue weighted by Gasteiger charge is 2.58. The first-order chi connectivity index (χ1) is 17.1. The minimum absolute atomic E-state index is 0.0154. The molecule has 0 radical (unpaired) electrons. The molecule has 2 fully saturated rings. The average molecular weight is 510 g/mol. The van der Waals surface area contributed by atoms with Crippen LogP contribution in [-0.4, -0.2) is 46.5 Å². The number of piperidine rings is 1. The maximum Gasteiger partial charge on any atom is 0.411 e. The fourth-order valence-electron chi connectivity index (χ4n) is 5.66. The second-order valence-electron chi connectivity index (χ2n) is 11.1. The third kappa shape index (κ3) is 4.03. The molecule has 2 aliphatic heterocycles. The van der Waals surface area contributed by atoms with E-state index < -0.39 is 29.8 Å². The van der Waals surface area contributed by atoms with Gasteiger partial charge in [0, 0.05) is 22.2 Å². The largest absolute Gasteiger partial charge is 0.488 e. The normalized spacial score (nSPS) is 25.7. The minimum Gasteiger partial charge on any atom is -0.488 e. The van der Waals surface area contributed by atoms with E-state index in [0.717, 1.165) is 28.7 Å². The molecule has 1 unspecified atom stereocenters. The van der Waals surface area contributed by atoms with E-state index in [1.54, 1.807) is 26.8 Å². The van der Waals surface area contributed by atoms with Crippen molar-refractivity contribution in [2.45, 2.75) is 76.9 Å². The molecule has 1 saturated carbocycles. The number of benzene rings is 2. The smallest absolute Gasteiger partial charge is 0.411 e. The molecule has 0 N–H and O–H groups in total. The van der Waals surface area contributed by atoms with Gasteiger partial charge in [0.25, 0.3) is 0 Å². The highest BCUT2D eigenvalue weighted by molar-refractivity contribution is 6.30. The Morgan fingerprint density at radius 3 is 2.64 bits per heavy atom. The van der Waals surface area contributed by atoms with Crippen molar-refractivity contribution in [3.05, 3.63) is 52.0 Å². The van der Waals surface area contributed by atoms with E-state index in [2.05, 4.69) is 0 Å². The van der Waals surface area contributed by atoms with Crippen LogP contribution < -0.4 is 4.74 Å². The van der Waals surface area contributed by atoms with Gasteiger partial charge < -0.3 is 14.2 Å². The number of amides is 1. The number of Topliss-reactive ketones (excluding diaryl/α,β-unsaturated/α-hetero) is 1. The number of rotatable bonds is 2. The van der Waals surface area contributed by atoms with Gasteiger partial charge in [-0.25, -0.2) is 9.59 Å². The maximum atomic E-state index is 13.4. The summed E-state index contributed by atoms with van der Waals surface area (Å²) in [7, 11) is 0. The van der Waals surface area contributed by atoms with Crippen molar-refractivity contribution in [3.63, 3.8) is 0 Å². The van der Waals surface area contributed by atoms with Gasteiger partial charge in [-0.3, -0.25) is 9.69 Å². The molecule has 1 amide bonds. The van der Waals surface area contributed by atoms with Gasteiger partial charge in [0.2, 0.25) is 5.78 Å². The molecule has 2 aliphatic carbocycles. The van der Waals surface area contributed by atoms with Crippen LogP contribution in [0.15, 0.2) is 30.3 Å². The van der Waals surface area contributed by atoms with Crippen molar-refractivity contribution in [1.29, 1.82) is 0 Å². The Balaban J connectivity index is 1.20. The quantitative estimate of drug-likeness (QED) is 0.508. The van der Waals surface area contributed by atoms with E-state index in [0.29, 0.717) is 48.1 Å². The van der Waals surface area contributed by atoms with Gasteiger partial charge in [0.05, 0.1) is 0 Å². The maximum absolute atomic E-state index is 13.4. The second kappa shape index (κ2) is 8.23. The van der Waals surface area contributed by atoms with Crippen molar-refractivity contribution in [3.8, 4) is 16.9 Å². The van der Waals surface area contributed by atoms with Crippen LogP contribution in [0.2, 0.25) is 5.02 Å². The van der Waals surface area contributed by atoms with Crippen LogP contribution in [-0.2, 0) is 27.3 Å². The lowest BCUT2D eigenvalue weighted by Crippen LogP contribution is -2.47. The Morgan fingerprint density at radius 1 is 1.06 bits per heavy atom. The number of hydrogen-bond acceptors (Lipinski definition) is 6. The summed E-state index contributed by atoms with van der Waals surface area (Å²) in [6, 6.07) is 8.79. The fourth-order valence-corrected chi connectivity index (χ4v) is 5.85. The molecule has 2 aromatic carbocycles. The van der Waals surface area contributed by atoms with Gasteiger partial charge in [-0.15, -0.1) is 0 Å². The first-order valence-corrected chi connectivity index (χ1v) is 12.8. The molecule has 4 aliphatic rings. The number of carbonyl (C=O) groups is 3. The van der Waals surface area contributed by atoms with Gasteiger partial charge in [-0.2, -0.15) is 0 Å². The van der Waals surface area contributed by atoms with Crippen LogP contribution in [0.3, 0.4) is 0 Å². The van der Waals surface area contributed by atoms with Crippen LogP contribution in [0.1, 0.15) is 61.5 Å². The molecular formula is C28H28ClNO6. The molecule has 188 valence electrons. The van der Waals surface area contributed by atoms with Crippen LogP contribution in [0.5, 0.6) is 5.75 Å². The fraction of sp³-hybridized carbons (Fsp3) is 0.464. The highest BCUT2D eigenvalue weighted by Crippen LogP contribution is 2.49. The summed E-state index contributed by atoms with van der Waals surface area (Å²) >= 11 is 6.14. The van der Waals surface area contributed by atoms with Crippen LogP contribution >= 0.6 is 11.6 Å². The monoisotopic (exact) mass is 509 g/mol. The number of nitrogens with zero attached hydrogens (tertiary/aromatic N) is 1. The summed E-state index contributed by atoms with van der Waals surface area (Å²) in [6.07, 6.45) is 1.04. The number of halogens is 1. The number of likely N-dealkylation sites (tertiary alicyclic amines) is 1. The lowest BCUT2D eigenvalue weighted by molar-refractivity contribution is -0.153. The number of ketones is 1. The van der Waals surface area contributed by atoms with Crippen LogP contribution in [0, 0.1) is 5.92 Å². The molecule has 4 atom stereocenters. The summed E-state index contributed by atoms with van der Waals surface area (Å²) < 4.78 is 17.2. The van der Waals surface area contributed by atoms with Crippen molar-refractivity contribution in [2.24, 2.45) is 5.92 Å². The van der Waals surface area contributed by atoms with Crippen LogP contribution in [0.4, 0.5) is 4.79 Å². The van der Waals surface area contributed by atoms with Gasteiger partial charge in [0.1, 0.15) is 24.0 Å². The first-order valence-electron chi connectivity index (χ1n) is 12.4. The zero-order chi connectivity index (χ0) is 25.4. The molecular weight excluding hydrogens is 482 g/mol. The minimum atomic E-state index is -0.879. The molecule has 1 saturated heterocycles. The van der Waals surface area contributed by atoms with E-state index in [4.69, 9.17) is 25.8 Å². The molecule has 36 heavy (non-hydrogen) atoms. The zero-order valence-corrected chi connectivity index (χ0v) is 21.3. The van der Waals surface area contributed by atoms with Crippen molar-refractivity contribution < 1.29 is 28.6 Å². The highest BCUT2D eigenvalue weighted by atomic mass is 35.5. The lowest BCUT2D eigenvalue weighted by Gasteiger charge is -2.31. The lowest BCUT2D eigenvalue weighted by atomic mass is 9.85. The number of aryl methyl sites for hydroxylation is 1. The predicted molar refractivity (Wildman–Crippen MR) is 132 cm³/mol. The number of fused-ring (bicyclic) bond motifs is 5. The number of ether oxygens (including phenoxy) is 3. The second-order valence-corrected chi connectivity index (χ2v) is 11.6. The standard InChI is InChI=1S/C28H28ClNO6/c1-28(2,3)36-27(33)30-21-10-15(21)11-22(30)26(32)35-23-7-4-14-9-20-18-6-5-17(29)8-16(18)13-34-24(20)12-19(14)25(23)31/h5-6,8-9,12,15,21-23H,4,7,10-11,13H2,1-3H3/t15-,21-,22+,23?/m1/s1. The number of carbonyl (C=O) groups excluding carboxylic acids is 3.